The molecule has 2 heterocycles. The SMILES string of the molecule is C[C@H]1CO/C(=C2\C(=O)OC[C@H]2C)C1. The van der Waals surface area contributed by atoms with Crippen LogP contribution in [0.25, 0.3) is 0 Å². The van der Waals surface area contributed by atoms with Gasteiger partial charge in [0.15, 0.2) is 0 Å². The Morgan fingerprint density at radius 3 is 2.46 bits per heavy atom. The van der Waals surface area contributed by atoms with Crippen LogP contribution in [-0.2, 0) is 14.3 Å². The summed E-state index contributed by atoms with van der Waals surface area (Å²) >= 11 is 0. The van der Waals surface area contributed by atoms with E-state index in [2.05, 4.69) is 6.92 Å². The first-order valence-corrected chi connectivity index (χ1v) is 4.71. The Morgan fingerprint density at radius 1 is 1.23 bits per heavy atom. The van der Waals surface area contributed by atoms with Crippen molar-refractivity contribution >= 4 is 5.97 Å². The summed E-state index contributed by atoms with van der Waals surface area (Å²) in [4.78, 5) is 11.3. The minimum absolute atomic E-state index is 0.184. The van der Waals surface area contributed by atoms with E-state index in [9.17, 15) is 4.79 Å². The van der Waals surface area contributed by atoms with E-state index in [1.807, 2.05) is 6.92 Å². The van der Waals surface area contributed by atoms with Gasteiger partial charge in [0.2, 0.25) is 0 Å². The molecule has 2 aliphatic rings. The van der Waals surface area contributed by atoms with Crippen molar-refractivity contribution in [3.63, 3.8) is 0 Å². The average Bonchev–Trinajstić information content (AvgIpc) is 2.60. The molecule has 2 aliphatic heterocycles. The Morgan fingerprint density at radius 2 is 2.00 bits per heavy atom. The molecule has 2 atom stereocenters. The number of hydrogen-bond acceptors (Lipinski definition) is 3. The maximum atomic E-state index is 11.3. The topological polar surface area (TPSA) is 35.5 Å². The summed E-state index contributed by atoms with van der Waals surface area (Å²) in [7, 11) is 0. The fourth-order valence-electron chi connectivity index (χ4n) is 1.82. The number of hydrogen-bond donors (Lipinski definition) is 0. The molecule has 72 valence electrons. The summed E-state index contributed by atoms with van der Waals surface area (Å²) in [5.74, 6) is 1.41. The highest BCUT2D eigenvalue weighted by Crippen LogP contribution is 2.32. The maximum absolute atomic E-state index is 11.3. The van der Waals surface area contributed by atoms with E-state index in [0.717, 1.165) is 24.4 Å². The van der Waals surface area contributed by atoms with Crippen LogP contribution in [0.2, 0.25) is 0 Å². The van der Waals surface area contributed by atoms with Crippen LogP contribution >= 0.6 is 0 Å². The number of cyclic esters (lactones) is 1. The Hall–Kier alpha value is -0.990. The van der Waals surface area contributed by atoms with Gasteiger partial charge in [-0.15, -0.1) is 0 Å². The minimum atomic E-state index is -0.184. The molecule has 0 aromatic rings. The van der Waals surface area contributed by atoms with E-state index in [4.69, 9.17) is 9.47 Å². The van der Waals surface area contributed by atoms with Crippen LogP contribution in [0.1, 0.15) is 20.3 Å². The van der Waals surface area contributed by atoms with E-state index in [1.54, 1.807) is 0 Å². The third kappa shape index (κ3) is 1.43. The average molecular weight is 182 g/mol. The summed E-state index contributed by atoms with van der Waals surface area (Å²) in [6.07, 6.45) is 0.884. The lowest BCUT2D eigenvalue weighted by atomic mass is 10.0. The quantitative estimate of drug-likeness (QED) is 0.420. The van der Waals surface area contributed by atoms with Crippen LogP contribution in [0.15, 0.2) is 11.3 Å². The largest absolute Gasteiger partial charge is 0.497 e. The van der Waals surface area contributed by atoms with Gasteiger partial charge >= 0.3 is 5.97 Å². The lowest BCUT2D eigenvalue weighted by molar-refractivity contribution is -0.135. The van der Waals surface area contributed by atoms with Gasteiger partial charge < -0.3 is 9.47 Å². The molecule has 0 aromatic heterocycles. The fraction of sp³-hybridized carbons (Fsp3) is 0.700. The molecule has 2 fully saturated rings. The number of carbonyl (C=O) groups is 1. The van der Waals surface area contributed by atoms with Crippen LogP contribution in [-0.4, -0.2) is 19.2 Å². The van der Waals surface area contributed by atoms with Crippen molar-refractivity contribution in [1.82, 2.24) is 0 Å². The third-order valence-corrected chi connectivity index (χ3v) is 2.55. The zero-order chi connectivity index (χ0) is 9.42. The minimum Gasteiger partial charge on any atom is -0.497 e. The predicted molar refractivity (Wildman–Crippen MR) is 46.9 cm³/mol. The van der Waals surface area contributed by atoms with E-state index in [0.29, 0.717) is 12.5 Å². The summed E-state index contributed by atoms with van der Waals surface area (Å²) in [6, 6.07) is 0. The third-order valence-electron chi connectivity index (χ3n) is 2.55. The summed E-state index contributed by atoms with van der Waals surface area (Å²) in [5, 5.41) is 0. The molecule has 13 heavy (non-hydrogen) atoms. The predicted octanol–water partition coefficient (Wildman–Crippen LogP) is 1.49. The summed E-state index contributed by atoms with van der Waals surface area (Å²) < 4.78 is 10.4. The number of ether oxygens (including phenoxy) is 2. The Labute approximate surface area is 77.7 Å². The Balaban J connectivity index is 2.26. The van der Waals surface area contributed by atoms with Crippen molar-refractivity contribution in [2.75, 3.05) is 13.2 Å². The number of rotatable bonds is 0. The van der Waals surface area contributed by atoms with Crippen molar-refractivity contribution in [3.05, 3.63) is 11.3 Å². The van der Waals surface area contributed by atoms with Crippen LogP contribution in [0.4, 0.5) is 0 Å². The highest BCUT2D eigenvalue weighted by Gasteiger charge is 2.33. The van der Waals surface area contributed by atoms with Crippen LogP contribution in [0, 0.1) is 11.8 Å². The molecule has 0 spiro atoms. The molecular weight excluding hydrogens is 168 g/mol. The van der Waals surface area contributed by atoms with Crippen molar-refractivity contribution in [2.24, 2.45) is 11.8 Å². The summed E-state index contributed by atoms with van der Waals surface area (Å²) in [6.45, 7) is 5.37. The molecule has 2 saturated heterocycles. The molecule has 0 radical (unpaired) electrons. The van der Waals surface area contributed by atoms with E-state index < -0.39 is 0 Å². The van der Waals surface area contributed by atoms with Gasteiger partial charge in [-0.3, -0.25) is 0 Å². The molecular formula is C10H14O3. The van der Waals surface area contributed by atoms with Crippen molar-refractivity contribution in [3.8, 4) is 0 Å². The van der Waals surface area contributed by atoms with E-state index in [1.165, 1.54) is 0 Å². The lowest BCUT2D eigenvalue weighted by Gasteiger charge is -2.03. The van der Waals surface area contributed by atoms with Gasteiger partial charge in [0, 0.05) is 12.3 Å². The molecule has 0 bridgehead atoms. The number of allylic oxidation sites excluding steroid dienone is 1. The van der Waals surface area contributed by atoms with Gasteiger partial charge in [-0.1, -0.05) is 13.8 Å². The van der Waals surface area contributed by atoms with Crippen molar-refractivity contribution in [2.45, 2.75) is 20.3 Å². The number of esters is 1. The van der Waals surface area contributed by atoms with Gasteiger partial charge in [-0.05, 0) is 5.92 Å². The van der Waals surface area contributed by atoms with Crippen LogP contribution in [0.3, 0.4) is 0 Å². The highest BCUT2D eigenvalue weighted by atomic mass is 16.5. The van der Waals surface area contributed by atoms with E-state index >= 15 is 0 Å². The molecule has 0 N–H and O–H groups in total. The second-order valence-electron chi connectivity index (χ2n) is 3.96. The Bertz CT molecular complexity index is 267. The second kappa shape index (κ2) is 3.05. The van der Waals surface area contributed by atoms with Crippen LogP contribution in [0.5, 0.6) is 0 Å². The Kier molecular flexibility index (Phi) is 2.02. The molecule has 0 aliphatic carbocycles. The first-order chi connectivity index (χ1) is 6.18. The lowest BCUT2D eigenvalue weighted by Crippen LogP contribution is -2.03. The van der Waals surface area contributed by atoms with Crippen LogP contribution < -0.4 is 0 Å². The first kappa shape index (κ1) is 8.60. The van der Waals surface area contributed by atoms with Gasteiger partial charge in [0.05, 0.1) is 18.8 Å². The van der Waals surface area contributed by atoms with Crippen molar-refractivity contribution < 1.29 is 14.3 Å². The second-order valence-corrected chi connectivity index (χ2v) is 3.96. The van der Waals surface area contributed by atoms with Gasteiger partial charge in [-0.2, -0.15) is 0 Å². The molecule has 2 rings (SSSR count). The zero-order valence-electron chi connectivity index (χ0n) is 8.00. The van der Waals surface area contributed by atoms with Gasteiger partial charge in [0.1, 0.15) is 5.76 Å². The normalized spacial score (nSPS) is 39.1. The first-order valence-electron chi connectivity index (χ1n) is 4.71. The molecule has 0 amide bonds. The maximum Gasteiger partial charge on any atom is 0.337 e. The summed E-state index contributed by atoms with van der Waals surface area (Å²) in [5.41, 5.74) is 0.768. The molecule has 0 unspecified atom stereocenters. The highest BCUT2D eigenvalue weighted by molar-refractivity contribution is 5.91. The monoisotopic (exact) mass is 182 g/mol. The number of carbonyl (C=O) groups excluding carboxylic acids is 1. The standard InChI is InChI=1S/C10H14O3/c1-6-3-8(12-4-6)9-7(2)5-13-10(9)11/h6-7H,3-5H2,1-2H3/b9-8-/t6-,7-/m1/s1. The van der Waals surface area contributed by atoms with Crippen molar-refractivity contribution in [1.29, 1.82) is 0 Å². The molecule has 3 heteroatoms. The molecule has 3 nitrogen and oxygen atoms in total. The van der Waals surface area contributed by atoms with Gasteiger partial charge in [0.25, 0.3) is 0 Å². The molecule has 0 aromatic carbocycles. The molecule has 0 saturated carbocycles. The zero-order valence-corrected chi connectivity index (χ0v) is 8.00. The van der Waals surface area contributed by atoms with Gasteiger partial charge in [-0.25, -0.2) is 4.79 Å². The fourth-order valence-corrected chi connectivity index (χ4v) is 1.82. The van der Waals surface area contributed by atoms with E-state index in [-0.39, 0.29) is 11.9 Å². The smallest absolute Gasteiger partial charge is 0.337 e.